The minimum atomic E-state index is -0.944. The van der Waals surface area contributed by atoms with Crippen LogP contribution in [0.25, 0.3) is 0 Å². The Balaban J connectivity index is 1.95. The Morgan fingerprint density at radius 3 is 2.52 bits per heavy atom. The van der Waals surface area contributed by atoms with Gasteiger partial charge in [0.15, 0.2) is 0 Å². The van der Waals surface area contributed by atoms with Gasteiger partial charge in [-0.15, -0.1) is 0 Å². The Morgan fingerprint density at radius 2 is 1.93 bits per heavy atom. The summed E-state index contributed by atoms with van der Waals surface area (Å²) >= 11 is 0. The van der Waals surface area contributed by atoms with Crippen LogP contribution in [0, 0.1) is 17.2 Å². The number of carbonyl (C=O) groups excluding carboxylic acids is 2. The molecule has 0 radical (unpaired) electrons. The molecule has 7 heteroatoms. The molecule has 1 unspecified atom stereocenters. The Hall–Kier alpha value is -2.59. The van der Waals surface area contributed by atoms with E-state index < -0.39 is 17.7 Å². The van der Waals surface area contributed by atoms with E-state index >= 15 is 0 Å². The van der Waals surface area contributed by atoms with Gasteiger partial charge in [0, 0.05) is 26.1 Å². The zero-order valence-corrected chi connectivity index (χ0v) is 15.9. The number of carbonyl (C=O) groups is 2. The minimum absolute atomic E-state index is 0.127. The molecule has 2 amide bonds. The van der Waals surface area contributed by atoms with E-state index in [0.717, 1.165) is 5.56 Å². The number of nitriles is 1. The van der Waals surface area contributed by atoms with Gasteiger partial charge in [-0.25, -0.2) is 4.79 Å². The third-order valence-corrected chi connectivity index (χ3v) is 4.45. The number of benzene rings is 1. The van der Waals surface area contributed by atoms with Gasteiger partial charge < -0.3 is 20.1 Å². The van der Waals surface area contributed by atoms with E-state index in [-0.39, 0.29) is 18.4 Å². The van der Waals surface area contributed by atoms with E-state index in [9.17, 15) is 14.9 Å². The number of amides is 2. The van der Waals surface area contributed by atoms with Crippen LogP contribution in [0.3, 0.4) is 0 Å². The molecule has 0 spiro atoms. The summed E-state index contributed by atoms with van der Waals surface area (Å²) in [6.45, 7) is 4.91. The van der Waals surface area contributed by atoms with Crippen LogP contribution in [0.1, 0.15) is 38.7 Å². The summed E-state index contributed by atoms with van der Waals surface area (Å²) in [4.78, 5) is 24.9. The van der Waals surface area contributed by atoms with Crippen molar-refractivity contribution in [1.82, 2.24) is 10.6 Å². The van der Waals surface area contributed by atoms with Crippen LogP contribution >= 0.6 is 0 Å². The number of nitrogens with one attached hydrogen (secondary N) is 2. The zero-order chi connectivity index (χ0) is 19.7. The monoisotopic (exact) mass is 373 g/mol. The standard InChI is InChI=1S/C20H27N3O4/c1-15(2)12-17(18(24)23-20(14-21)8-10-26-11-9-20)22-19(25)27-13-16-6-4-3-5-7-16/h3-7,15,17H,8-13H2,1-2H3,(H,22,25)(H,23,24). The highest BCUT2D eigenvalue weighted by molar-refractivity contribution is 5.86. The van der Waals surface area contributed by atoms with Crippen molar-refractivity contribution in [2.75, 3.05) is 13.2 Å². The van der Waals surface area contributed by atoms with Crippen LogP contribution < -0.4 is 10.6 Å². The fourth-order valence-corrected chi connectivity index (χ4v) is 2.92. The number of rotatable bonds is 7. The molecule has 2 rings (SSSR count). The average molecular weight is 373 g/mol. The number of hydrogen-bond donors (Lipinski definition) is 2. The molecule has 1 aromatic rings. The summed E-state index contributed by atoms with van der Waals surface area (Å²) in [6.07, 6.45) is 0.659. The number of ether oxygens (including phenoxy) is 2. The predicted octanol–water partition coefficient (Wildman–Crippen LogP) is 2.52. The lowest BCUT2D eigenvalue weighted by molar-refractivity contribution is -0.125. The van der Waals surface area contributed by atoms with E-state index in [2.05, 4.69) is 16.7 Å². The lowest BCUT2D eigenvalue weighted by Gasteiger charge is -2.33. The number of nitrogens with zero attached hydrogens (tertiary/aromatic N) is 1. The summed E-state index contributed by atoms with van der Waals surface area (Å²) in [5, 5.41) is 15.0. The second-order valence-corrected chi connectivity index (χ2v) is 7.18. The van der Waals surface area contributed by atoms with Crippen molar-refractivity contribution < 1.29 is 19.1 Å². The summed E-state index contributed by atoms with van der Waals surface area (Å²) in [7, 11) is 0. The van der Waals surface area contributed by atoms with Gasteiger partial charge in [-0.1, -0.05) is 44.2 Å². The molecular formula is C20H27N3O4. The van der Waals surface area contributed by atoms with Crippen molar-refractivity contribution in [3.8, 4) is 6.07 Å². The Bertz CT molecular complexity index is 664. The van der Waals surface area contributed by atoms with Gasteiger partial charge in [-0.3, -0.25) is 4.79 Å². The molecule has 1 aliphatic heterocycles. The van der Waals surface area contributed by atoms with Gasteiger partial charge in [0.1, 0.15) is 18.2 Å². The first-order valence-corrected chi connectivity index (χ1v) is 9.22. The van der Waals surface area contributed by atoms with Crippen molar-refractivity contribution in [1.29, 1.82) is 5.26 Å². The van der Waals surface area contributed by atoms with Gasteiger partial charge in [-0.2, -0.15) is 5.26 Å². The number of alkyl carbamates (subject to hydrolysis) is 1. The Morgan fingerprint density at radius 1 is 1.26 bits per heavy atom. The molecule has 2 N–H and O–H groups in total. The molecule has 7 nitrogen and oxygen atoms in total. The second kappa shape index (κ2) is 9.93. The third kappa shape index (κ3) is 6.57. The molecule has 0 bridgehead atoms. The maximum Gasteiger partial charge on any atom is 0.408 e. The molecule has 0 aliphatic carbocycles. The highest BCUT2D eigenvalue weighted by Gasteiger charge is 2.36. The van der Waals surface area contributed by atoms with Crippen LogP contribution in [0.4, 0.5) is 4.79 Å². The molecule has 146 valence electrons. The molecule has 1 saturated heterocycles. The fraction of sp³-hybridized carbons (Fsp3) is 0.550. The molecule has 0 saturated carbocycles. The molecule has 1 aliphatic rings. The summed E-state index contributed by atoms with van der Waals surface area (Å²) < 4.78 is 10.5. The van der Waals surface area contributed by atoms with Crippen molar-refractivity contribution in [2.24, 2.45) is 5.92 Å². The lowest BCUT2D eigenvalue weighted by Crippen LogP contribution is -2.57. The highest BCUT2D eigenvalue weighted by Crippen LogP contribution is 2.20. The van der Waals surface area contributed by atoms with Gasteiger partial charge in [-0.05, 0) is 17.9 Å². The van der Waals surface area contributed by atoms with E-state index in [1.807, 2.05) is 44.2 Å². The average Bonchev–Trinajstić information content (AvgIpc) is 2.67. The van der Waals surface area contributed by atoms with E-state index in [1.165, 1.54) is 0 Å². The highest BCUT2D eigenvalue weighted by atomic mass is 16.5. The summed E-state index contributed by atoms with van der Waals surface area (Å²) in [6, 6.07) is 10.8. The summed E-state index contributed by atoms with van der Waals surface area (Å²) in [5.41, 5.74) is -0.0802. The molecule has 0 aromatic heterocycles. The number of hydrogen-bond acceptors (Lipinski definition) is 5. The third-order valence-electron chi connectivity index (χ3n) is 4.45. The second-order valence-electron chi connectivity index (χ2n) is 7.18. The van der Waals surface area contributed by atoms with Gasteiger partial charge in [0.05, 0.1) is 6.07 Å². The predicted molar refractivity (Wildman–Crippen MR) is 99.5 cm³/mol. The molecule has 1 heterocycles. The van der Waals surface area contributed by atoms with Crippen molar-refractivity contribution in [3.05, 3.63) is 35.9 Å². The molecule has 27 heavy (non-hydrogen) atoms. The van der Waals surface area contributed by atoms with Crippen LogP contribution in [-0.2, 0) is 20.9 Å². The maximum atomic E-state index is 12.7. The SMILES string of the molecule is CC(C)CC(NC(=O)OCc1ccccc1)C(=O)NC1(C#N)CCOCC1. The van der Waals surface area contributed by atoms with E-state index in [0.29, 0.717) is 32.5 Å². The fourth-order valence-electron chi connectivity index (χ4n) is 2.92. The van der Waals surface area contributed by atoms with Gasteiger partial charge in [0.2, 0.25) is 5.91 Å². The smallest absolute Gasteiger partial charge is 0.408 e. The molecule has 1 atom stereocenters. The van der Waals surface area contributed by atoms with Crippen LogP contribution in [0.15, 0.2) is 30.3 Å². The zero-order valence-electron chi connectivity index (χ0n) is 15.9. The molecule has 1 fully saturated rings. The van der Waals surface area contributed by atoms with Crippen LogP contribution in [0.2, 0.25) is 0 Å². The Kier molecular flexibility index (Phi) is 7.62. The largest absolute Gasteiger partial charge is 0.445 e. The van der Waals surface area contributed by atoms with E-state index in [1.54, 1.807) is 0 Å². The molecular weight excluding hydrogens is 346 g/mol. The van der Waals surface area contributed by atoms with Crippen molar-refractivity contribution in [3.63, 3.8) is 0 Å². The van der Waals surface area contributed by atoms with Crippen LogP contribution in [0.5, 0.6) is 0 Å². The lowest BCUT2D eigenvalue weighted by atomic mass is 9.91. The maximum absolute atomic E-state index is 12.7. The first-order chi connectivity index (χ1) is 12.9. The normalized spacial score (nSPS) is 16.8. The first-order valence-electron chi connectivity index (χ1n) is 9.22. The van der Waals surface area contributed by atoms with Crippen molar-refractivity contribution >= 4 is 12.0 Å². The van der Waals surface area contributed by atoms with Gasteiger partial charge in [0.25, 0.3) is 0 Å². The van der Waals surface area contributed by atoms with Crippen molar-refractivity contribution in [2.45, 2.75) is 51.3 Å². The first kappa shape index (κ1) is 20.7. The molecule has 1 aromatic carbocycles. The summed E-state index contributed by atoms with van der Waals surface area (Å²) in [5.74, 6) is -0.188. The van der Waals surface area contributed by atoms with Gasteiger partial charge >= 0.3 is 6.09 Å². The quantitative estimate of drug-likeness (QED) is 0.765. The topological polar surface area (TPSA) is 100 Å². The Labute approximate surface area is 160 Å². The van der Waals surface area contributed by atoms with Crippen LogP contribution in [-0.4, -0.2) is 36.8 Å². The minimum Gasteiger partial charge on any atom is -0.445 e. The van der Waals surface area contributed by atoms with E-state index in [4.69, 9.17) is 9.47 Å².